The van der Waals surface area contributed by atoms with Crippen molar-refractivity contribution in [1.29, 1.82) is 0 Å². The lowest BCUT2D eigenvalue weighted by atomic mass is 10.0. The molecule has 0 radical (unpaired) electrons. The number of ether oxygens (including phenoxy) is 1. The Bertz CT molecular complexity index is 641. The average molecular weight is 296 g/mol. The average Bonchev–Trinajstić information content (AvgIpc) is 2.40. The lowest BCUT2D eigenvalue weighted by molar-refractivity contribution is 0.103. The predicted molar refractivity (Wildman–Crippen MR) is 77.3 cm³/mol. The van der Waals surface area contributed by atoms with Gasteiger partial charge in [0.15, 0.2) is 5.78 Å². The van der Waals surface area contributed by atoms with E-state index in [1.165, 1.54) is 13.2 Å². The lowest BCUT2D eigenvalue weighted by Gasteiger charge is -2.09. The number of methoxy groups -OCH3 is 1. The molecule has 0 fully saturated rings. The van der Waals surface area contributed by atoms with E-state index in [1.54, 1.807) is 30.3 Å². The summed E-state index contributed by atoms with van der Waals surface area (Å²) in [7, 11) is 1.49. The molecular formula is C14H11Cl2NO2. The third-order valence-electron chi connectivity index (χ3n) is 2.64. The van der Waals surface area contributed by atoms with Gasteiger partial charge in [0.2, 0.25) is 0 Å². The summed E-state index contributed by atoms with van der Waals surface area (Å²) in [6.45, 7) is 0. The molecule has 0 atom stereocenters. The highest BCUT2D eigenvalue weighted by Gasteiger charge is 2.18. The number of hydrogen-bond acceptors (Lipinski definition) is 3. The van der Waals surface area contributed by atoms with Crippen molar-refractivity contribution in [2.45, 2.75) is 0 Å². The van der Waals surface area contributed by atoms with Crippen LogP contribution in [0.2, 0.25) is 10.0 Å². The number of hydrogen-bond donors (Lipinski definition) is 1. The predicted octanol–water partition coefficient (Wildman–Crippen LogP) is 3.82. The second kappa shape index (κ2) is 5.51. The molecule has 5 heteroatoms. The van der Waals surface area contributed by atoms with Gasteiger partial charge in [-0.2, -0.15) is 0 Å². The maximum absolute atomic E-state index is 12.5. The highest BCUT2D eigenvalue weighted by Crippen LogP contribution is 2.28. The number of halogens is 2. The molecule has 2 aromatic rings. The number of nitrogen functional groups attached to an aromatic ring is 1. The fourth-order valence-corrected chi connectivity index (χ4v) is 2.10. The zero-order valence-corrected chi connectivity index (χ0v) is 11.6. The van der Waals surface area contributed by atoms with Gasteiger partial charge in [-0.25, -0.2) is 0 Å². The molecule has 3 nitrogen and oxygen atoms in total. The molecule has 0 aliphatic rings. The SMILES string of the molecule is COc1ccc(Cl)cc1C(=O)c1cc(N)ccc1Cl. The first-order chi connectivity index (χ1) is 9.02. The van der Waals surface area contributed by atoms with Gasteiger partial charge in [0.05, 0.1) is 17.7 Å². The summed E-state index contributed by atoms with van der Waals surface area (Å²) < 4.78 is 5.16. The lowest BCUT2D eigenvalue weighted by Crippen LogP contribution is -2.05. The van der Waals surface area contributed by atoms with Crippen molar-refractivity contribution in [1.82, 2.24) is 0 Å². The number of rotatable bonds is 3. The van der Waals surface area contributed by atoms with Crippen molar-refractivity contribution in [3.8, 4) is 5.75 Å². The normalized spacial score (nSPS) is 10.3. The van der Waals surface area contributed by atoms with E-state index in [1.807, 2.05) is 0 Å². The van der Waals surface area contributed by atoms with Crippen molar-refractivity contribution in [2.75, 3.05) is 12.8 Å². The summed E-state index contributed by atoms with van der Waals surface area (Å²) >= 11 is 11.9. The van der Waals surface area contributed by atoms with E-state index < -0.39 is 0 Å². The maximum Gasteiger partial charge on any atom is 0.198 e. The van der Waals surface area contributed by atoms with Gasteiger partial charge in [0.1, 0.15) is 5.75 Å². The molecule has 0 aromatic heterocycles. The number of ketones is 1. The van der Waals surface area contributed by atoms with Crippen LogP contribution in [-0.4, -0.2) is 12.9 Å². The topological polar surface area (TPSA) is 52.3 Å². The summed E-state index contributed by atoms with van der Waals surface area (Å²) in [4.78, 5) is 12.5. The van der Waals surface area contributed by atoms with Gasteiger partial charge >= 0.3 is 0 Å². The summed E-state index contributed by atoms with van der Waals surface area (Å²) in [6.07, 6.45) is 0. The van der Waals surface area contributed by atoms with Crippen molar-refractivity contribution in [3.63, 3.8) is 0 Å². The molecule has 0 aliphatic heterocycles. The Morgan fingerprint density at radius 1 is 1.11 bits per heavy atom. The molecule has 0 aliphatic carbocycles. The Labute approximate surface area is 120 Å². The van der Waals surface area contributed by atoms with Gasteiger partial charge in [-0.05, 0) is 36.4 Å². The second-order valence-electron chi connectivity index (χ2n) is 3.91. The maximum atomic E-state index is 12.5. The Hall–Kier alpha value is -1.71. The first-order valence-electron chi connectivity index (χ1n) is 5.46. The number of carbonyl (C=O) groups is 1. The van der Waals surface area contributed by atoms with Gasteiger partial charge in [-0.15, -0.1) is 0 Å². The Kier molecular flexibility index (Phi) is 3.98. The van der Waals surface area contributed by atoms with Gasteiger partial charge in [-0.1, -0.05) is 23.2 Å². The van der Waals surface area contributed by atoms with Gasteiger partial charge in [0.25, 0.3) is 0 Å². The van der Waals surface area contributed by atoms with Crippen molar-refractivity contribution < 1.29 is 9.53 Å². The Morgan fingerprint density at radius 3 is 2.53 bits per heavy atom. The molecule has 0 bridgehead atoms. The molecule has 0 unspecified atom stereocenters. The molecule has 0 amide bonds. The Morgan fingerprint density at radius 2 is 1.84 bits per heavy atom. The first kappa shape index (κ1) is 13.7. The molecule has 0 spiro atoms. The van der Waals surface area contributed by atoms with Crippen LogP contribution in [0.5, 0.6) is 5.75 Å². The van der Waals surface area contributed by atoms with Crippen molar-refractivity contribution in [2.24, 2.45) is 0 Å². The van der Waals surface area contributed by atoms with Gasteiger partial charge in [0, 0.05) is 16.3 Å². The van der Waals surface area contributed by atoms with E-state index in [2.05, 4.69) is 0 Å². The van der Waals surface area contributed by atoms with E-state index in [0.29, 0.717) is 32.6 Å². The molecule has 19 heavy (non-hydrogen) atoms. The van der Waals surface area contributed by atoms with E-state index in [-0.39, 0.29) is 5.78 Å². The molecule has 0 saturated heterocycles. The van der Waals surface area contributed by atoms with Crippen LogP contribution in [-0.2, 0) is 0 Å². The summed E-state index contributed by atoms with van der Waals surface area (Å²) in [6, 6.07) is 9.58. The molecular weight excluding hydrogens is 285 g/mol. The standard InChI is InChI=1S/C14H11Cl2NO2/c1-19-13-5-2-8(15)6-11(13)14(18)10-7-9(17)3-4-12(10)16/h2-7H,17H2,1H3. The van der Waals surface area contributed by atoms with E-state index in [9.17, 15) is 4.79 Å². The third kappa shape index (κ3) is 2.83. The minimum Gasteiger partial charge on any atom is -0.496 e. The van der Waals surface area contributed by atoms with E-state index in [4.69, 9.17) is 33.7 Å². The quantitative estimate of drug-likeness (QED) is 0.692. The van der Waals surface area contributed by atoms with Crippen LogP contribution in [0.1, 0.15) is 15.9 Å². The zero-order chi connectivity index (χ0) is 14.0. The summed E-state index contributed by atoms with van der Waals surface area (Å²) in [5, 5.41) is 0.783. The van der Waals surface area contributed by atoms with Gasteiger partial charge < -0.3 is 10.5 Å². The first-order valence-corrected chi connectivity index (χ1v) is 6.22. The number of benzene rings is 2. The van der Waals surface area contributed by atoms with E-state index in [0.717, 1.165) is 0 Å². The highest BCUT2D eigenvalue weighted by atomic mass is 35.5. The largest absolute Gasteiger partial charge is 0.496 e. The monoisotopic (exact) mass is 295 g/mol. The van der Waals surface area contributed by atoms with Crippen molar-refractivity contribution >= 4 is 34.7 Å². The fraction of sp³-hybridized carbons (Fsp3) is 0.0714. The third-order valence-corrected chi connectivity index (χ3v) is 3.21. The summed E-state index contributed by atoms with van der Waals surface area (Å²) in [5.74, 6) is 0.157. The minimum absolute atomic E-state index is 0.281. The Balaban J connectivity index is 2.55. The fourth-order valence-electron chi connectivity index (χ4n) is 1.72. The van der Waals surface area contributed by atoms with Crippen LogP contribution in [0.25, 0.3) is 0 Å². The zero-order valence-electron chi connectivity index (χ0n) is 10.1. The molecule has 2 aromatic carbocycles. The summed E-state index contributed by atoms with van der Waals surface area (Å²) in [5.41, 5.74) is 6.81. The molecule has 2 rings (SSSR count). The van der Waals surface area contributed by atoms with Crippen LogP contribution < -0.4 is 10.5 Å². The molecule has 98 valence electrons. The second-order valence-corrected chi connectivity index (χ2v) is 4.76. The highest BCUT2D eigenvalue weighted by molar-refractivity contribution is 6.35. The van der Waals surface area contributed by atoms with E-state index >= 15 is 0 Å². The van der Waals surface area contributed by atoms with Gasteiger partial charge in [-0.3, -0.25) is 4.79 Å². The molecule has 2 N–H and O–H groups in total. The smallest absolute Gasteiger partial charge is 0.198 e. The van der Waals surface area contributed by atoms with Crippen LogP contribution in [0.3, 0.4) is 0 Å². The number of nitrogens with two attached hydrogens (primary N) is 1. The van der Waals surface area contributed by atoms with Crippen molar-refractivity contribution in [3.05, 3.63) is 57.6 Å². The number of anilines is 1. The minimum atomic E-state index is -0.281. The van der Waals surface area contributed by atoms with Crippen LogP contribution in [0, 0.1) is 0 Å². The van der Waals surface area contributed by atoms with Crippen LogP contribution in [0.15, 0.2) is 36.4 Å². The number of carbonyl (C=O) groups excluding carboxylic acids is 1. The van der Waals surface area contributed by atoms with Crippen LogP contribution >= 0.6 is 23.2 Å². The molecule has 0 saturated carbocycles. The molecule has 0 heterocycles. The van der Waals surface area contributed by atoms with Crippen LogP contribution in [0.4, 0.5) is 5.69 Å².